The fourth-order valence-corrected chi connectivity index (χ4v) is 12.1. The van der Waals surface area contributed by atoms with E-state index in [4.69, 9.17) is 14.2 Å². The quantitative estimate of drug-likeness (QED) is 0.0655. The molecule has 0 spiro atoms. The first-order valence-electron chi connectivity index (χ1n) is 30.3. The largest absolute Gasteiger partial charge is 0.494 e. The number of hydrogen-bond donors (Lipinski definition) is 0. The van der Waals surface area contributed by atoms with Crippen LogP contribution in [0.5, 0.6) is 5.75 Å². The highest BCUT2D eigenvalue weighted by Crippen LogP contribution is 2.43. The van der Waals surface area contributed by atoms with Crippen molar-refractivity contribution in [2.45, 2.75) is 223 Å². The molecule has 0 N–H and O–H groups in total. The number of aryl methyl sites for hydroxylation is 1. The number of benzene rings is 4. The highest BCUT2D eigenvalue weighted by molar-refractivity contribution is 6.00. The van der Waals surface area contributed by atoms with Gasteiger partial charge in [-0.2, -0.15) is 0 Å². The van der Waals surface area contributed by atoms with Crippen LogP contribution < -0.4 is 4.74 Å². The molecule has 2 fully saturated rings. The van der Waals surface area contributed by atoms with Crippen molar-refractivity contribution in [1.82, 2.24) is 0 Å². The van der Waals surface area contributed by atoms with Gasteiger partial charge in [-0.1, -0.05) is 196 Å². The monoisotopic (exact) mass is 1040 g/mol. The minimum atomic E-state index is -0.418. The Bertz CT molecular complexity index is 2190. The zero-order valence-electron chi connectivity index (χ0n) is 50.8. The van der Waals surface area contributed by atoms with Gasteiger partial charge in [-0.25, -0.2) is 0 Å². The van der Waals surface area contributed by atoms with Crippen molar-refractivity contribution in [3.05, 3.63) is 136 Å². The fraction of sp³-hybridized carbons (Fsp3) is 0.634. The third-order valence-electron chi connectivity index (χ3n) is 17.1. The normalized spacial score (nSPS) is 21.8. The minimum absolute atomic E-state index is 0.108. The summed E-state index contributed by atoms with van der Waals surface area (Å²) in [7, 11) is 0. The summed E-state index contributed by atoms with van der Waals surface area (Å²) in [6.07, 6.45) is 13.2. The molecule has 420 valence electrons. The molecule has 2 aliphatic carbocycles. The van der Waals surface area contributed by atoms with E-state index in [2.05, 4.69) is 171 Å². The van der Waals surface area contributed by atoms with Gasteiger partial charge in [0.2, 0.25) is 0 Å². The lowest BCUT2D eigenvalue weighted by Crippen LogP contribution is -2.41. The van der Waals surface area contributed by atoms with Crippen LogP contribution in [0.1, 0.15) is 224 Å². The van der Waals surface area contributed by atoms with E-state index in [9.17, 15) is 9.59 Å². The SMILES string of the molecule is CCCOc1ccc(C(=O)C(CC2CC(C)CC[C@@H]2C(C)C)OC2CC(C)CCC2C(C)C)cc1.CCc1ccc(C(=O)C(CCC(C)Cc2ccc(C(C)(C)C)cc2)OCC(C)Cc2ccc(C(C)(C)C)cc2)cc1. The summed E-state index contributed by atoms with van der Waals surface area (Å²) in [5.41, 5.74) is 8.47. The molecular weight excluding hydrogens is 933 g/mol. The molecule has 0 radical (unpaired) electrons. The molecule has 0 aliphatic heterocycles. The van der Waals surface area contributed by atoms with Crippen molar-refractivity contribution in [3.63, 3.8) is 0 Å². The van der Waals surface area contributed by atoms with Crippen molar-refractivity contribution in [3.8, 4) is 5.75 Å². The van der Waals surface area contributed by atoms with Crippen LogP contribution in [0.3, 0.4) is 0 Å². The molecule has 0 aromatic heterocycles. The zero-order valence-corrected chi connectivity index (χ0v) is 50.8. The van der Waals surface area contributed by atoms with Crippen molar-refractivity contribution in [2.75, 3.05) is 13.2 Å². The van der Waals surface area contributed by atoms with Gasteiger partial charge in [0.25, 0.3) is 0 Å². The van der Waals surface area contributed by atoms with E-state index in [1.54, 1.807) is 0 Å². The van der Waals surface area contributed by atoms with Crippen molar-refractivity contribution in [1.29, 1.82) is 0 Å². The molecule has 5 heteroatoms. The first-order chi connectivity index (χ1) is 35.9. The topological polar surface area (TPSA) is 61.8 Å². The van der Waals surface area contributed by atoms with Crippen LogP contribution in [0.2, 0.25) is 0 Å². The maximum atomic E-state index is 14.0. The molecule has 4 aromatic carbocycles. The number of ketones is 2. The number of Topliss-reactive ketones (excluding diaryl/α,β-unsaturated/α-hetero) is 2. The van der Waals surface area contributed by atoms with E-state index in [0.717, 1.165) is 74.2 Å². The molecule has 5 nitrogen and oxygen atoms in total. The lowest BCUT2D eigenvalue weighted by Gasteiger charge is -2.42. The van der Waals surface area contributed by atoms with Gasteiger partial charge >= 0.3 is 0 Å². The van der Waals surface area contributed by atoms with E-state index >= 15 is 0 Å². The van der Waals surface area contributed by atoms with E-state index in [1.165, 1.54) is 59.9 Å². The van der Waals surface area contributed by atoms with E-state index in [0.29, 0.717) is 60.6 Å². The molecule has 2 saturated carbocycles. The van der Waals surface area contributed by atoms with Crippen LogP contribution in [0.4, 0.5) is 0 Å². The van der Waals surface area contributed by atoms with Crippen molar-refractivity contribution in [2.24, 2.45) is 53.3 Å². The third kappa shape index (κ3) is 19.7. The standard InChI is InChI=1S/C39H54O2.C32H52O3/c1-10-30-12-18-33(19-13-30)37(40)36(24-11-28(2)25-31-14-20-34(21-15-31)38(4,5)6)41-27-29(3)26-32-16-22-35(23-17-32)39(7,8)9;1-8-17-34-27-13-11-25(12-14-27)32(33)31(20-26-18-23(6)9-15-28(26)21(2)3)35-30-19-24(7)10-16-29(30)22(4)5/h12-23,28-29,36H,10-11,24-27H2,1-9H3;11-14,21-24,26,28-31H,8-10,15-20H2,1-7H3/t;23?,24?,26?,28-,29?,30?,31?/m.1/s1. The van der Waals surface area contributed by atoms with Gasteiger partial charge in [0, 0.05) is 11.1 Å². The van der Waals surface area contributed by atoms with Crippen LogP contribution in [0.25, 0.3) is 0 Å². The highest BCUT2D eigenvalue weighted by Gasteiger charge is 2.39. The minimum Gasteiger partial charge on any atom is -0.494 e. The Balaban J connectivity index is 0.000000284. The van der Waals surface area contributed by atoms with Gasteiger partial charge < -0.3 is 14.2 Å². The Labute approximate surface area is 464 Å². The summed E-state index contributed by atoms with van der Waals surface area (Å²) >= 11 is 0. The molecule has 0 saturated heterocycles. The van der Waals surface area contributed by atoms with E-state index < -0.39 is 6.10 Å². The summed E-state index contributed by atoms with van der Waals surface area (Å²) < 4.78 is 19.1. The molecule has 0 amide bonds. The van der Waals surface area contributed by atoms with Gasteiger partial charge in [-0.05, 0) is 187 Å². The molecule has 0 bridgehead atoms. The van der Waals surface area contributed by atoms with Crippen molar-refractivity contribution >= 4 is 11.6 Å². The van der Waals surface area contributed by atoms with Crippen LogP contribution in [-0.2, 0) is 39.6 Å². The molecular formula is C71H106O5. The number of rotatable bonds is 24. The molecule has 6 rings (SSSR count). The summed E-state index contributed by atoms with van der Waals surface area (Å²) in [5, 5.41) is 0. The summed E-state index contributed by atoms with van der Waals surface area (Å²) in [5.74, 6) is 6.30. The van der Waals surface area contributed by atoms with Crippen molar-refractivity contribution < 1.29 is 23.8 Å². The average Bonchev–Trinajstić information content (AvgIpc) is 3.37. The average molecular weight is 1040 g/mol. The zero-order chi connectivity index (χ0) is 55.7. The number of carbonyl (C=O) groups excluding carboxylic acids is 2. The number of ether oxygens (including phenoxy) is 3. The van der Waals surface area contributed by atoms with Crippen LogP contribution in [0.15, 0.2) is 97.1 Å². The third-order valence-corrected chi connectivity index (χ3v) is 17.1. The number of hydrogen-bond acceptors (Lipinski definition) is 5. The van der Waals surface area contributed by atoms with E-state index in [-0.39, 0.29) is 34.6 Å². The first-order valence-corrected chi connectivity index (χ1v) is 30.3. The maximum absolute atomic E-state index is 14.0. The Morgan fingerprint density at radius 3 is 1.53 bits per heavy atom. The maximum Gasteiger partial charge on any atom is 0.191 e. The number of carbonyl (C=O) groups is 2. The van der Waals surface area contributed by atoms with Gasteiger partial charge in [0.05, 0.1) is 19.3 Å². The Morgan fingerprint density at radius 1 is 0.553 bits per heavy atom. The highest BCUT2D eigenvalue weighted by atomic mass is 16.5. The second kappa shape index (κ2) is 29.8. The second-order valence-corrected chi connectivity index (χ2v) is 26.9. The predicted molar refractivity (Wildman–Crippen MR) is 321 cm³/mol. The summed E-state index contributed by atoms with van der Waals surface area (Å²) in [4.78, 5) is 27.6. The van der Waals surface area contributed by atoms with Gasteiger partial charge in [-0.3, -0.25) is 9.59 Å². The molecule has 10 atom stereocenters. The first kappa shape index (κ1) is 62.8. The lowest BCUT2D eigenvalue weighted by atomic mass is 9.68. The van der Waals surface area contributed by atoms with Gasteiger partial charge in [0.1, 0.15) is 18.0 Å². The molecule has 0 heterocycles. The molecule has 9 unspecified atom stereocenters. The summed E-state index contributed by atoms with van der Waals surface area (Å²) in [6.45, 7) is 37.6. The fourth-order valence-electron chi connectivity index (χ4n) is 12.1. The summed E-state index contributed by atoms with van der Waals surface area (Å²) in [6, 6.07) is 33.9. The molecule has 2 aliphatic rings. The predicted octanol–water partition coefficient (Wildman–Crippen LogP) is 18.6. The Kier molecular flexibility index (Phi) is 24.6. The Hall–Kier alpha value is -4.06. The van der Waals surface area contributed by atoms with Crippen LogP contribution >= 0.6 is 0 Å². The van der Waals surface area contributed by atoms with Crippen LogP contribution in [-0.4, -0.2) is 43.1 Å². The second-order valence-electron chi connectivity index (χ2n) is 26.9. The molecule has 4 aromatic rings. The van der Waals surface area contributed by atoms with Gasteiger partial charge in [0.15, 0.2) is 11.6 Å². The van der Waals surface area contributed by atoms with E-state index in [1.807, 2.05) is 36.4 Å². The lowest BCUT2D eigenvalue weighted by molar-refractivity contribution is -0.0790. The van der Waals surface area contributed by atoms with Gasteiger partial charge in [-0.15, -0.1) is 0 Å². The Morgan fingerprint density at radius 2 is 1.03 bits per heavy atom. The smallest absolute Gasteiger partial charge is 0.191 e. The molecule has 76 heavy (non-hydrogen) atoms. The van der Waals surface area contributed by atoms with Crippen LogP contribution in [0, 0.1) is 53.3 Å².